The molecule has 1 aromatic heterocycles. The van der Waals surface area contributed by atoms with Crippen LogP contribution in [-0.2, 0) is 11.2 Å². The lowest BCUT2D eigenvalue weighted by atomic mass is 9.95. The molecular formula is C16H18N2O3. The zero-order valence-electron chi connectivity index (χ0n) is 12.0. The first-order valence-corrected chi connectivity index (χ1v) is 7.57. The van der Waals surface area contributed by atoms with E-state index in [2.05, 4.69) is 16.5 Å². The van der Waals surface area contributed by atoms with E-state index in [9.17, 15) is 9.90 Å². The topological polar surface area (TPSA) is 64.3 Å². The van der Waals surface area contributed by atoms with Gasteiger partial charge in [-0.15, -0.1) is 0 Å². The predicted octanol–water partition coefficient (Wildman–Crippen LogP) is 2.79. The Kier molecular flexibility index (Phi) is 2.79. The Hall–Kier alpha value is -1.88. The molecule has 3 heterocycles. The third-order valence-electron chi connectivity index (χ3n) is 4.75. The number of hydrogen-bond acceptors (Lipinski definition) is 3. The van der Waals surface area contributed by atoms with Crippen molar-refractivity contribution in [3.05, 3.63) is 29.6 Å². The van der Waals surface area contributed by atoms with Crippen LogP contribution < -0.4 is 0 Å². The van der Waals surface area contributed by atoms with Gasteiger partial charge in [0.25, 0.3) is 0 Å². The quantitative estimate of drug-likeness (QED) is 0.942. The van der Waals surface area contributed by atoms with Gasteiger partial charge in [0.1, 0.15) is 11.3 Å². The number of fused-ring (bicyclic) bond motifs is 3. The van der Waals surface area contributed by atoms with E-state index >= 15 is 0 Å². The largest absolute Gasteiger partial charge is 0.478 e. The fraction of sp³-hybridized carbons (Fsp3) is 0.500. The van der Waals surface area contributed by atoms with Crippen LogP contribution in [0.4, 0.5) is 0 Å². The van der Waals surface area contributed by atoms with Gasteiger partial charge in [0.05, 0.1) is 29.3 Å². The monoisotopic (exact) mass is 286 g/mol. The fourth-order valence-electron chi connectivity index (χ4n) is 3.84. The van der Waals surface area contributed by atoms with Crippen LogP contribution in [0, 0.1) is 0 Å². The summed E-state index contributed by atoms with van der Waals surface area (Å²) in [7, 11) is 0. The van der Waals surface area contributed by atoms with Crippen molar-refractivity contribution in [3.8, 4) is 0 Å². The van der Waals surface area contributed by atoms with E-state index in [1.54, 1.807) is 12.1 Å². The first-order chi connectivity index (χ1) is 10.2. The van der Waals surface area contributed by atoms with Crippen molar-refractivity contribution in [1.29, 1.82) is 0 Å². The summed E-state index contributed by atoms with van der Waals surface area (Å²) in [6.45, 7) is 2.06. The van der Waals surface area contributed by atoms with Crippen molar-refractivity contribution in [2.24, 2.45) is 0 Å². The van der Waals surface area contributed by atoms with E-state index in [4.69, 9.17) is 4.74 Å². The lowest BCUT2D eigenvalue weighted by Crippen LogP contribution is -2.22. The molecule has 0 amide bonds. The van der Waals surface area contributed by atoms with Gasteiger partial charge < -0.3 is 14.4 Å². The standard InChI is InChI=1S/C16H18N2O3/c1-2-14-17-15-10(16(19)20)4-3-5-11(15)18(14)12-8-9-6-7-13(12)21-9/h3-5,9,12-13H,2,6-8H2,1H3,(H,19,20). The molecule has 0 aliphatic carbocycles. The summed E-state index contributed by atoms with van der Waals surface area (Å²) in [5, 5.41) is 9.35. The highest BCUT2D eigenvalue weighted by Crippen LogP contribution is 2.43. The highest BCUT2D eigenvalue weighted by Gasteiger charge is 2.42. The zero-order valence-corrected chi connectivity index (χ0v) is 12.0. The van der Waals surface area contributed by atoms with Crippen LogP contribution in [0.1, 0.15) is 48.4 Å². The molecule has 5 nitrogen and oxygen atoms in total. The van der Waals surface area contributed by atoms with Crippen molar-refractivity contribution >= 4 is 17.0 Å². The van der Waals surface area contributed by atoms with Gasteiger partial charge in [0.2, 0.25) is 0 Å². The smallest absolute Gasteiger partial charge is 0.337 e. The Morgan fingerprint density at radius 2 is 2.33 bits per heavy atom. The molecule has 0 radical (unpaired) electrons. The van der Waals surface area contributed by atoms with E-state index in [1.165, 1.54) is 0 Å². The summed E-state index contributed by atoms with van der Waals surface area (Å²) < 4.78 is 8.20. The third-order valence-corrected chi connectivity index (χ3v) is 4.75. The number of aromatic carboxylic acids is 1. The molecule has 2 saturated heterocycles. The van der Waals surface area contributed by atoms with Gasteiger partial charge in [-0.05, 0) is 31.4 Å². The average Bonchev–Trinajstić information content (AvgIpc) is 3.18. The van der Waals surface area contributed by atoms with Crippen molar-refractivity contribution in [2.45, 2.75) is 50.9 Å². The second-order valence-corrected chi connectivity index (χ2v) is 5.91. The Morgan fingerprint density at radius 1 is 1.48 bits per heavy atom. The molecule has 2 aliphatic heterocycles. The summed E-state index contributed by atoms with van der Waals surface area (Å²) in [5.74, 6) is 0.0388. The lowest BCUT2D eigenvalue weighted by molar-refractivity contribution is 0.0699. The van der Waals surface area contributed by atoms with Crippen molar-refractivity contribution in [1.82, 2.24) is 9.55 Å². The van der Waals surface area contributed by atoms with Crippen LogP contribution in [0.3, 0.4) is 0 Å². The van der Waals surface area contributed by atoms with E-state index in [1.807, 2.05) is 6.07 Å². The van der Waals surface area contributed by atoms with E-state index < -0.39 is 5.97 Å². The van der Waals surface area contributed by atoms with Crippen LogP contribution in [0.15, 0.2) is 18.2 Å². The van der Waals surface area contributed by atoms with Gasteiger partial charge in [-0.3, -0.25) is 0 Å². The molecule has 4 rings (SSSR count). The molecule has 2 aliphatic rings. The molecule has 1 N–H and O–H groups in total. The molecule has 0 spiro atoms. The van der Waals surface area contributed by atoms with Crippen LogP contribution in [0.5, 0.6) is 0 Å². The molecule has 110 valence electrons. The molecule has 1 aromatic carbocycles. The van der Waals surface area contributed by atoms with Crippen molar-refractivity contribution < 1.29 is 14.6 Å². The summed E-state index contributed by atoms with van der Waals surface area (Å²) in [6.07, 6.45) is 4.67. The van der Waals surface area contributed by atoms with Gasteiger partial charge in [-0.2, -0.15) is 0 Å². The van der Waals surface area contributed by atoms with Crippen molar-refractivity contribution in [2.75, 3.05) is 0 Å². The minimum atomic E-state index is -0.919. The maximum absolute atomic E-state index is 11.4. The molecule has 21 heavy (non-hydrogen) atoms. The molecule has 3 unspecified atom stereocenters. The SMILES string of the molecule is CCc1nc2c(C(=O)O)cccc2n1C1CC2CCC1O2. The number of aryl methyl sites for hydroxylation is 1. The van der Waals surface area contributed by atoms with Crippen LogP contribution in [0.25, 0.3) is 11.0 Å². The van der Waals surface area contributed by atoms with E-state index in [0.29, 0.717) is 17.7 Å². The maximum Gasteiger partial charge on any atom is 0.337 e. The first-order valence-electron chi connectivity index (χ1n) is 7.57. The van der Waals surface area contributed by atoms with Gasteiger partial charge in [0, 0.05) is 6.42 Å². The minimum Gasteiger partial charge on any atom is -0.478 e. The number of carboxylic acids is 1. The average molecular weight is 286 g/mol. The zero-order chi connectivity index (χ0) is 14.6. The fourth-order valence-corrected chi connectivity index (χ4v) is 3.84. The van der Waals surface area contributed by atoms with Crippen LogP contribution in [-0.4, -0.2) is 32.8 Å². The summed E-state index contributed by atoms with van der Waals surface area (Å²) in [4.78, 5) is 16.0. The maximum atomic E-state index is 11.4. The molecule has 3 atom stereocenters. The normalized spacial score (nSPS) is 27.6. The minimum absolute atomic E-state index is 0.256. The molecule has 2 bridgehead atoms. The molecule has 0 saturated carbocycles. The van der Waals surface area contributed by atoms with E-state index in [-0.39, 0.29) is 11.7 Å². The van der Waals surface area contributed by atoms with E-state index in [0.717, 1.165) is 37.0 Å². The number of aromatic nitrogens is 2. The number of imidazole rings is 1. The second-order valence-electron chi connectivity index (χ2n) is 5.91. The van der Waals surface area contributed by atoms with Crippen LogP contribution >= 0.6 is 0 Å². The Balaban J connectivity index is 1.91. The molecular weight excluding hydrogens is 268 g/mol. The van der Waals surface area contributed by atoms with Gasteiger partial charge in [0.15, 0.2) is 0 Å². The Morgan fingerprint density at radius 3 is 2.95 bits per heavy atom. The molecule has 2 fully saturated rings. The number of ether oxygens (including phenoxy) is 1. The predicted molar refractivity (Wildman–Crippen MR) is 77.6 cm³/mol. The van der Waals surface area contributed by atoms with Gasteiger partial charge in [-0.1, -0.05) is 13.0 Å². The molecule has 2 aromatic rings. The number of nitrogens with zero attached hydrogens (tertiary/aromatic N) is 2. The second kappa shape index (κ2) is 4.56. The number of hydrogen-bond donors (Lipinski definition) is 1. The Labute approximate surface area is 122 Å². The Bertz CT molecular complexity index is 722. The number of para-hydroxylation sites is 1. The van der Waals surface area contributed by atoms with Crippen LogP contribution in [0.2, 0.25) is 0 Å². The highest BCUT2D eigenvalue weighted by atomic mass is 16.5. The summed E-state index contributed by atoms with van der Waals surface area (Å²) in [6, 6.07) is 5.70. The highest BCUT2D eigenvalue weighted by molar-refractivity contribution is 6.01. The number of carbonyl (C=O) groups is 1. The number of rotatable bonds is 3. The van der Waals surface area contributed by atoms with Gasteiger partial charge >= 0.3 is 5.97 Å². The lowest BCUT2D eigenvalue weighted by Gasteiger charge is -2.23. The van der Waals surface area contributed by atoms with Crippen molar-refractivity contribution in [3.63, 3.8) is 0 Å². The summed E-state index contributed by atoms with van der Waals surface area (Å²) in [5.41, 5.74) is 1.81. The summed E-state index contributed by atoms with van der Waals surface area (Å²) >= 11 is 0. The number of carboxylic acid groups (broad SMARTS) is 1. The number of benzene rings is 1. The van der Waals surface area contributed by atoms with Gasteiger partial charge in [-0.25, -0.2) is 9.78 Å². The first kappa shape index (κ1) is 12.8. The molecule has 5 heteroatoms. The third kappa shape index (κ3) is 1.80.